The molecule has 0 atom stereocenters. The Morgan fingerprint density at radius 3 is 2.67 bits per heavy atom. The number of fused-ring (bicyclic) bond motifs is 1. The zero-order valence-corrected chi connectivity index (χ0v) is 14.2. The molecule has 4 aromatic rings. The van der Waals surface area contributed by atoms with Crippen molar-refractivity contribution in [2.75, 3.05) is 0 Å². The molecule has 0 saturated carbocycles. The summed E-state index contributed by atoms with van der Waals surface area (Å²) in [7, 11) is 1.74. The molecule has 0 saturated heterocycles. The second-order valence-corrected chi connectivity index (χ2v) is 6.56. The van der Waals surface area contributed by atoms with Crippen LogP contribution in [-0.2, 0) is 7.05 Å². The molecule has 0 spiro atoms. The van der Waals surface area contributed by atoms with Crippen LogP contribution in [0, 0.1) is 13.8 Å². The highest BCUT2D eigenvalue weighted by molar-refractivity contribution is 7.20. The van der Waals surface area contributed by atoms with Crippen molar-refractivity contribution in [1.29, 1.82) is 0 Å². The van der Waals surface area contributed by atoms with Crippen LogP contribution in [0.1, 0.15) is 21.9 Å². The Bertz CT molecular complexity index is 1050. The summed E-state index contributed by atoms with van der Waals surface area (Å²) in [4.78, 5) is 20.3. The van der Waals surface area contributed by atoms with Gasteiger partial charge in [-0.25, -0.2) is 9.67 Å². The Labute approximate surface area is 141 Å². The van der Waals surface area contributed by atoms with Crippen molar-refractivity contribution in [2.24, 2.45) is 7.05 Å². The monoisotopic (exact) mass is 338 g/mol. The van der Waals surface area contributed by atoms with E-state index in [1.165, 1.54) is 0 Å². The van der Waals surface area contributed by atoms with Gasteiger partial charge in [0.25, 0.3) is 0 Å². The quantitative estimate of drug-likeness (QED) is 0.537. The first-order valence-electron chi connectivity index (χ1n) is 7.35. The van der Waals surface area contributed by atoms with Crippen LogP contribution < -0.4 is 0 Å². The van der Waals surface area contributed by atoms with E-state index in [9.17, 15) is 4.79 Å². The molecule has 7 nitrogen and oxygen atoms in total. The fourth-order valence-electron chi connectivity index (χ4n) is 2.76. The Morgan fingerprint density at radius 1 is 1.21 bits per heavy atom. The molecule has 0 unspecified atom stereocenters. The molecule has 24 heavy (non-hydrogen) atoms. The van der Waals surface area contributed by atoms with Gasteiger partial charge in [-0.2, -0.15) is 0 Å². The van der Waals surface area contributed by atoms with Crippen LogP contribution in [0.25, 0.3) is 26.7 Å². The summed E-state index contributed by atoms with van der Waals surface area (Å²) in [6.07, 6.45) is 2.42. The number of nitrogens with zero attached hydrogens (tertiary/aromatic N) is 6. The number of pyridine rings is 1. The van der Waals surface area contributed by atoms with Crippen LogP contribution >= 0.6 is 11.3 Å². The molecular formula is C16H14N6OS. The lowest BCUT2D eigenvalue weighted by Crippen LogP contribution is -1.97. The van der Waals surface area contributed by atoms with E-state index in [2.05, 4.69) is 50.8 Å². The zero-order chi connectivity index (χ0) is 16.8. The minimum atomic E-state index is 0.284. The summed E-state index contributed by atoms with van der Waals surface area (Å²) in [6, 6.07) is 6.07. The molecular weight excluding hydrogens is 324 g/mol. The van der Waals surface area contributed by atoms with Gasteiger partial charge in [0, 0.05) is 18.4 Å². The van der Waals surface area contributed by atoms with Crippen LogP contribution in [-0.4, -0.2) is 35.8 Å². The first kappa shape index (κ1) is 14.7. The lowest BCUT2D eigenvalue weighted by atomic mass is 10.2. The first-order valence-corrected chi connectivity index (χ1v) is 8.17. The molecule has 120 valence electrons. The Kier molecular flexibility index (Phi) is 3.27. The standard InChI is InChI=1S/C16H14N6OS/c1-9-4-5-10(2)22(9)16-18-12-7-17-11(6-14(12)24-16)15-13(8-23)19-20-21(15)3/h4-8H,1-3H3. The topological polar surface area (TPSA) is 78.5 Å². The van der Waals surface area contributed by atoms with Crippen molar-refractivity contribution >= 4 is 27.8 Å². The highest BCUT2D eigenvalue weighted by Crippen LogP contribution is 2.30. The SMILES string of the molecule is Cc1ccc(C)n1-c1nc2cnc(-c3c(C=O)nnn3C)cc2s1. The van der Waals surface area contributed by atoms with Crippen LogP contribution in [0.15, 0.2) is 24.4 Å². The molecule has 0 aromatic carbocycles. The Balaban J connectivity index is 1.88. The van der Waals surface area contributed by atoms with E-state index >= 15 is 0 Å². The third-order valence-electron chi connectivity index (χ3n) is 3.93. The smallest absolute Gasteiger partial charge is 0.195 e. The normalized spacial score (nSPS) is 11.3. The lowest BCUT2D eigenvalue weighted by Gasteiger charge is -2.03. The van der Waals surface area contributed by atoms with Gasteiger partial charge < -0.3 is 0 Å². The molecule has 4 rings (SSSR count). The molecule has 0 N–H and O–H groups in total. The second-order valence-electron chi connectivity index (χ2n) is 5.55. The molecule has 0 radical (unpaired) electrons. The number of carbonyl (C=O) groups is 1. The van der Waals surface area contributed by atoms with Gasteiger partial charge in [-0.3, -0.25) is 14.3 Å². The minimum Gasteiger partial charge on any atom is -0.296 e. The van der Waals surface area contributed by atoms with E-state index < -0.39 is 0 Å². The summed E-state index contributed by atoms with van der Waals surface area (Å²) in [5.74, 6) is 0. The fraction of sp³-hybridized carbons (Fsp3) is 0.188. The lowest BCUT2D eigenvalue weighted by molar-refractivity contribution is 0.111. The largest absolute Gasteiger partial charge is 0.296 e. The van der Waals surface area contributed by atoms with Crippen LogP contribution in [0.4, 0.5) is 0 Å². The molecule has 0 aliphatic heterocycles. The van der Waals surface area contributed by atoms with Crippen LogP contribution in [0.5, 0.6) is 0 Å². The van der Waals surface area contributed by atoms with E-state index in [1.54, 1.807) is 29.3 Å². The molecule has 0 fully saturated rings. The number of aldehydes is 1. The van der Waals surface area contributed by atoms with Crippen LogP contribution in [0.3, 0.4) is 0 Å². The summed E-state index contributed by atoms with van der Waals surface area (Å²) < 4.78 is 4.67. The van der Waals surface area contributed by atoms with Crippen molar-refractivity contribution in [3.05, 3.63) is 41.5 Å². The van der Waals surface area contributed by atoms with Gasteiger partial charge >= 0.3 is 0 Å². The van der Waals surface area contributed by atoms with Gasteiger partial charge in [0.15, 0.2) is 17.1 Å². The molecule has 0 bridgehead atoms. The number of rotatable bonds is 3. The number of hydrogen-bond acceptors (Lipinski definition) is 6. The van der Waals surface area contributed by atoms with E-state index in [0.717, 1.165) is 26.7 Å². The van der Waals surface area contributed by atoms with Crippen molar-refractivity contribution in [3.8, 4) is 16.5 Å². The van der Waals surface area contributed by atoms with E-state index in [4.69, 9.17) is 0 Å². The zero-order valence-electron chi connectivity index (χ0n) is 13.4. The predicted molar refractivity (Wildman–Crippen MR) is 91.6 cm³/mol. The van der Waals surface area contributed by atoms with E-state index in [-0.39, 0.29) is 5.69 Å². The van der Waals surface area contributed by atoms with Gasteiger partial charge in [0.1, 0.15) is 11.2 Å². The summed E-state index contributed by atoms with van der Waals surface area (Å²) in [6.45, 7) is 4.11. The number of hydrogen-bond donors (Lipinski definition) is 0. The predicted octanol–water partition coefficient (Wildman–Crippen LogP) is 2.71. The molecule has 4 heterocycles. The third kappa shape index (κ3) is 2.15. The number of thiazole rings is 1. The molecule has 0 amide bonds. The van der Waals surface area contributed by atoms with Gasteiger partial charge in [-0.1, -0.05) is 16.6 Å². The first-order chi connectivity index (χ1) is 11.6. The third-order valence-corrected chi connectivity index (χ3v) is 4.94. The fourth-order valence-corrected chi connectivity index (χ4v) is 3.86. The average molecular weight is 338 g/mol. The molecule has 0 aliphatic carbocycles. The van der Waals surface area contributed by atoms with Gasteiger partial charge in [-0.05, 0) is 32.0 Å². The van der Waals surface area contributed by atoms with Crippen molar-refractivity contribution < 1.29 is 4.79 Å². The van der Waals surface area contributed by atoms with Crippen molar-refractivity contribution in [2.45, 2.75) is 13.8 Å². The average Bonchev–Trinajstić information content (AvgIpc) is 3.23. The van der Waals surface area contributed by atoms with E-state index in [0.29, 0.717) is 17.7 Å². The van der Waals surface area contributed by atoms with Crippen molar-refractivity contribution in [1.82, 2.24) is 29.5 Å². The summed E-state index contributed by atoms with van der Waals surface area (Å²) in [5, 5.41) is 8.65. The maximum Gasteiger partial charge on any atom is 0.195 e. The highest BCUT2D eigenvalue weighted by atomic mass is 32.1. The Hall–Kier alpha value is -2.87. The number of aryl methyl sites for hydroxylation is 3. The minimum absolute atomic E-state index is 0.284. The van der Waals surface area contributed by atoms with Gasteiger partial charge in [0.2, 0.25) is 0 Å². The van der Waals surface area contributed by atoms with Gasteiger partial charge in [-0.15, -0.1) is 5.10 Å². The number of aromatic nitrogens is 6. The second kappa shape index (κ2) is 5.34. The van der Waals surface area contributed by atoms with Crippen LogP contribution in [0.2, 0.25) is 0 Å². The Morgan fingerprint density at radius 2 is 1.96 bits per heavy atom. The number of carbonyl (C=O) groups excluding carboxylic acids is 1. The molecule has 0 aliphatic rings. The summed E-state index contributed by atoms with van der Waals surface area (Å²) in [5.41, 5.74) is 4.65. The highest BCUT2D eigenvalue weighted by Gasteiger charge is 2.16. The van der Waals surface area contributed by atoms with Gasteiger partial charge in [0.05, 0.1) is 16.6 Å². The van der Waals surface area contributed by atoms with E-state index in [1.807, 2.05) is 6.07 Å². The van der Waals surface area contributed by atoms with Crippen molar-refractivity contribution in [3.63, 3.8) is 0 Å². The maximum atomic E-state index is 11.2. The molecule has 8 heteroatoms. The molecule has 4 aromatic heterocycles. The maximum absolute atomic E-state index is 11.2. The summed E-state index contributed by atoms with van der Waals surface area (Å²) >= 11 is 1.59.